The molecule has 0 saturated heterocycles. The molecule has 0 aliphatic carbocycles. The van der Waals surface area contributed by atoms with Crippen LogP contribution in [0, 0.1) is 0 Å². The minimum Gasteiger partial charge on any atom is -0.497 e. The Labute approximate surface area is 176 Å². The summed E-state index contributed by atoms with van der Waals surface area (Å²) in [5, 5.41) is 5.93. The summed E-state index contributed by atoms with van der Waals surface area (Å²) < 4.78 is 5.19. The van der Waals surface area contributed by atoms with Gasteiger partial charge in [0.05, 0.1) is 31.3 Å². The quantitative estimate of drug-likeness (QED) is 0.603. The van der Waals surface area contributed by atoms with Gasteiger partial charge in [0.2, 0.25) is 11.8 Å². The van der Waals surface area contributed by atoms with Crippen molar-refractivity contribution in [3.63, 3.8) is 0 Å². The van der Waals surface area contributed by atoms with Crippen LogP contribution in [0.15, 0.2) is 79.0 Å². The summed E-state index contributed by atoms with van der Waals surface area (Å²) in [4.78, 5) is 29.1. The van der Waals surface area contributed by atoms with Gasteiger partial charge in [0, 0.05) is 13.1 Å². The maximum Gasteiger partial charge on any atom is 0.223 e. The SMILES string of the molecule is COc1ccc(C(CC(=O)NC(c2ccccc2)c2ccccn2)NC(C)=O)cc1. The molecule has 3 aromatic rings. The molecule has 154 valence electrons. The second kappa shape index (κ2) is 10.2. The van der Waals surface area contributed by atoms with Crippen LogP contribution >= 0.6 is 0 Å². The van der Waals surface area contributed by atoms with Gasteiger partial charge in [-0.3, -0.25) is 14.6 Å². The van der Waals surface area contributed by atoms with Gasteiger partial charge in [-0.05, 0) is 35.4 Å². The first-order chi connectivity index (χ1) is 14.6. The van der Waals surface area contributed by atoms with Gasteiger partial charge in [-0.25, -0.2) is 0 Å². The minimum absolute atomic E-state index is 0.0993. The third-order valence-electron chi connectivity index (χ3n) is 4.71. The van der Waals surface area contributed by atoms with Gasteiger partial charge in [0.1, 0.15) is 5.75 Å². The number of carbonyl (C=O) groups is 2. The first kappa shape index (κ1) is 21.0. The number of carbonyl (C=O) groups excluding carboxylic acids is 2. The Morgan fingerprint density at radius 2 is 1.60 bits per heavy atom. The molecular formula is C24H25N3O3. The van der Waals surface area contributed by atoms with Crippen LogP contribution in [0.2, 0.25) is 0 Å². The number of pyridine rings is 1. The van der Waals surface area contributed by atoms with Crippen LogP contribution in [0.1, 0.15) is 42.2 Å². The average Bonchev–Trinajstić information content (AvgIpc) is 2.78. The average molecular weight is 403 g/mol. The predicted molar refractivity (Wildman–Crippen MR) is 115 cm³/mol. The van der Waals surface area contributed by atoms with Gasteiger partial charge in [-0.2, -0.15) is 0 Å². The van der Waals surface area contributed by atoms with E-state index >= 15 is 0 Å². The van der Waals surface area contributed by atoms with Crippen molar-refractivity contribution >= 4 is 11.8 Å². The lowest BCUT2D eigenvalue weighted by Gasteiger charge is -2.22. The summed E-state index contributed by atoms with van der Waals surface area (Å²) in [5.41, 5.74) is 2.51. The van der Waals surface area contributed by atoms with Crippen LogP contribution in [-0.2, 0) is 9.59 Å². The summed E-state index contributed by atoms with van der Waals surface area (Å²) in [7, 11) is 1.59. The van der Waals surface area contributed by atoms with E-state index in [4.69, 9.17) is 4.74 Å². The second-order valence-corrected chi connectivity index (χ2v) is 6.90. The summed E-state index contributed by atoms with van der Waals surface area (Å²) in [6.45, 7) is 1.44. The van der Waals surface area contributed by atoms with E-state index in [1.165, 1.54) is 6.92 Å². The van der Waals surface area contributed by atoms with Gasteiger partial charge in [-0.1, -0.05) is 48.5 Å². The number of nitrogens with one attached hydrogen (secondary N) is 2. The highest BCUT2D eigenvalue weighted by Gasteiger charge is 2.22. The summed E-state index contributed by atoms with van der Waals surface area (Å²) in [6.07, 6.45) is 1.80. The zero-order valence-electron chi connectivity index (χ0n) is 17.0. The minimum atomic E-state index is -0.450. The number of benzene rings is 2. The molecule has 0 saturated carbocycles. The lowest BCUT2D eigenvalue weighted by molar-refractivity contribution is -0.123. The van der Waals surface area contributed by atoms with Crippen molar-refractivity contribution < 1.29 is 14.3 Å². The highest BCUT2D eigenvalue weighted by molar-refractivity contribution is 5.79. The van der Waals surface area contributed by atoms with Crippen LogP contribution in [0.3, 0.4) is 0 Å². The predicted octanol–water partition coefficient (Wildman–Crippen LogP) is 3.56. The molecule has 6 nitrogen and oxygen atoms in total. The Bertz CT molecular complexity index is 921. The number of hydrogen-bond donors (Lipinski definition) is 2. The van der Waals surface area contributed by atoms with Crippen molar-refractivity contribution in [1.82, 2.24) is 15.6 Å². The fourth-order valence-corrected chi connectivity index (χ4v) is 3.26. The molecule has 0 aliphatic rings. The third kappa shape index (κ3) is 5.67. The van der Waals surface area contributed by atoms with E-state index < -0.39 is 6.04 Å². The maximum atomic E-state index is 13.0. The molecule has 0 spiro atoms. The van der Waals surface area contributed by atoms with Gasteiger partial charge in [-0.15, -0.1) is 0 Å². The van der Waals surface area contributed by atoms with Gasteiger partial charge >= 0.3 is 0 Å². The molecule has 0 fully saturated rings. The Balaban J connectivity index is 1.80. The fourth-order valence-electron chi connectivity index (χ4n) is 3.26. The summed E-state index contributed by atoms with van der Waals surface area (Å²) in [5.74, 6) is 0.320. The molecule has 2 N–H and O–H groups in total. The molecule has 2 amide bonds. The molecule has 2 unspecified atom stereocenters. The van der Waals surface area contributed by atoms with Crippen molar-refractivity contribution in [2.45, 2.75) is 25.4 Å². The van der Waals surface area contributed by atoms with E-state index in [1.54, 1.807) is 13.3 Å². The highest BCUT2D eigenvalue weighted by Crippen LogP contribution is 2.23. The van der Waals surface area contributed by atoms with E-state index in [2.05, 4.69) is 15.6 Å². The Morgan fingerprint density at radius 3 is 2.20 bits per heavy atom. The largest absolute Gasteiger partial charge is 0.497 e. The van der Waals surface area contributed by atoms with Crippen molar-refractivity contribution in [3.05, 3.63) is 95.8 Å². The number of methoxy groups -OCH3 is 1. The first-order valence-electron chi connectivity index (χ1n) is 9.73. The van der Waals surface area contributed by atoms with Crippen molar-refractivity contribution in [2.24, 2.45) is 0 Å². The molecular weight excluding hydrogens is 378 g/mol. The van der Waals surface area contributed by atoms with Crippen molar-refractivity contribution in [1.29, 1.82) is 0 Å². The topological polar surface area (TPSA) is 80.3 Å². The van der Waals surface area contributed by atoms with E-state index in [-0.39, 0.29) is 24.3 Å². The molecule has 6 heteroatoms. The van der Waals surface area contributed by atoms with E-state index in [0.717, 1.165) is 16.8 Å². The number of nitrogens with zero attached hydrogens (tertiary/aromatic N) is 1. The number of amides is 2. The molecule has 1 heterocycles. The second-order valence-electron chi connectivity index (χ2n) is 6.90. The molecule has 2 aromatic carbocycles. The van der Waals surface area contributed by atoms with Crippen molar-refractivity contribution in [3.8, 4) is 5.75 Å². The molecule has 0 bridgehead atoms. The number of hydrogen-bond acceptors (Lipinski definition) is 4. The molecule has 1 aromatic heterocycles. The monoisotopic (exact) mass is 403 g/mol. The van der Waals surface area contributed by atoms with Crippen LogP contribution in [0.4, 0.5) is 0 Å². The molecule has 30 heavy (non-hydrogen) atoms. The first-order valence-corrected chi connectivity index (χ1v) is 9.73. The van der Waals surface area contributed by atoms with E-state index in [0.29, 0.717) is 5.75 Å². The smallest absolute Gasteiger partial charge is 0.223 e. The summed E-state index contributed by atoms with van der Waals surface area (Å²) >= 11 is 0. The highest BCUT2D eigenvalue weighted by atomic mass is 16.5. The van der Waals surface area contributed by atoms with Crippen LogP contribution < -0.4 is 15.4 Å². The molecule has 2 atom stereocenters. The lowest BCUT2D eigenvalue weighted by Crippen LogP contribution is -2.35. The lowest BCUT2D eigenvalue weighted by atomic mass is 10.0. The van der Waals surface area contributed by atoms with E-state index in [1.807, 2.05) is 72.8 Å². The zero-order valence-corrected chi connectivity index (χ0v) is 17.0. The normalized spacial score (nSPS) is 12.5. The zero-order chi connectivity index (χ0) is 21.3. The Hall–Kier alpha value is -3.67. The van der Waals surface area contributed by atoms with E-state index in [9.17, 15) is 9.59 Å². The molecule has 3 rings (SSSR count). The number of rotatable bonds is 8. The fraction of sp³-hybridized carbons (Fsp3) is 0.208. The molecule has 0 radical (unpaired) electrons. The van der Waals surface area contributed by atoms with Crippen LogP contribution in [0.25, 0.3) is 0 Å². The standard InChI is InChI=1S/C24H25N3O3/c1-17(28)26-22(18-11-13-20(30-2)14-12-18)16-23(29)27-24(19-8-4-3-5-9-19)21-10-6-7-15-25-21/h3-15,22,24H,16H2,1-2H3,(H,26,28)(H,27,29). The summed E-state index contributed by atoms with van der Waals surface area (Å²) in [6, 6.07) is 21.8. The number of aromatic nitrogens is 1. The molecule has 0 aliphatic heterocycles. The van der Waals surface area contributed by atoms with Crippen molar-refractivity contribution in [2.75, 3.05) is 7.11 Å². The maximum absolute atomic E-state index is 13.0. The van der Waals surface area contributed by atoms with Crippen LogP contribution in [-0.4, -0.2) is 23.9 Å². The van der Waals surface area contributed by atoms with Gasteiger partial charge in [0.25, 0.3) is 0 Å². The Morgan fingerprint density at radius 1 is 0.900 bits per heavy atom. The Kier molecular flexibility index (Phi) is 7.16. The number of ether oxygens (including phenoxy) is 1. The van der Waals surface area contributed by atoms with Crippen LogP contribution in [0.5, 0.6) is 5.75 Å². The third-order valence-corrected chi connectivity index (χ3v) is 4.71. The van der Waals surface area contributed by atoms with Gasteiger partial charge < -0.3 is 15.4 Å². The van der Waals surface area contributed by atoms with Gasteiger partial charge in [0.15, 0.2) is 0 Å².